The average molecular weight is 524 g/mol. The number of rotatable bonds is 8. The molecule has 0 unspecified atom stereocenters. The molecule has 0 spiro atoms. The van der Waals surface area contributed by atoms with E-state index in [4.69, 9.17) is 17.2 Å². The molecule has 1 fully saturated rings. The number of hydrogen-bond donors (Lipinski definition) is 2. The number of nitrogens with zero attached hydrogens (tertiary/aromatic N) is 3. The fourth-order valence-electron chi connectivity index (χ4n) is 5.98. The zero-order chi connectivity index (χ0) is 26.8. The maximum atomic E-state index is 5.93. The van der Waals surface area contributed by atoms with Crippen LogP contribution in [-0.2, 0) is 0 Å². The Morgan fingerprint density at radius 1 is 0.921 bits per heavy atom. The van der Waals surface area contributed by atoms with Gasteiger partial charge in [-0.05, 0) is 100 Å². The monoisotopic (exact) mass is 523 g/mol. The van der Waals surface area contributed by atoms with Crippen molar-refractivity contribution in [2.75, 3.05) is 18.4 Å². The first-order valence-corrected chi connectivity index (χ1v) is 13.8. The molecule has 38 heavy (non-hydrogen) atoms. The summed E-state index contributed by atoms with van der Waals surface area (Å²) in [6, 6.07) is 23.4. The average Bonchev–Trinajstić information content (AvgIpc) is 3.37. The Balaban J connectivity index is 1.49. The molecule has 0 radical (unpaired) electrons. The van der Waals surface area contributed by atoms with Gasteiger partial charge in [0.2, 0.25) is 0 Å². The van der Waals surface area contributed by atoms with Crippen molar-refractivity contribution in [2.45, 2.75) is 53.1 Å². The van der Waals surface area contributed by atoms with Gasteiger partial charge < -0.3 is 20.1 Å². The molecule has 0 amide bonds. The van der Waals surface area contributed by atoms with Gasteiger partial charge in [0.25, 0.3) is 0 Å². The lowest BCUT2D eigenvalue weighted by Gasteiger charge is -2.28. The minimum absolute atomic E-state index is 0.0139. The number of anilines is 1. The third-order valence-corrected chi connectivity index (χ3v) is 7.88. The largest absolute Gasteiger partial charge is 0.385 e. The van der Waals surface area contributed by atoms with Gasteiger partial charge in [-0.25, -0.2) is 0 Å². The Kier molecular flexibility index (Phi) is 7.52. The quantitative estimate of drug-likeness (QED) is 0.195. The van der Waals surface area contributed by atoms with Gasteiger partial charge in [0, 0.05) is 36.4 Å². The van der Waals surface area contributed by atoms with Crippen LogP contribution in [0.2, 0.25) is 0 Å². The van der Waals surface area contributed by atoms with Crippen LogP contribution in [0.25, 0.3) is 5.69 Å². The second-order valence-corrected chi connectivity index (χ2v) is 10.8. The van der Waals surface area contributed by atoms with Gasteiger partial charge in [0.15, 0.2) is 5.11 Å². The maximum Gasteiger partial charge on any atom is 0.170 e. The third-order valence-electron chi connectivity index (χ3n) is 7.52. The highest BCUT2D eigenvalue weighted by molar-refractivity contribution is 7.80. The van der Waals surface area contributed by atoms with Gasteiger partial charge >= 0.3 is 0 Å². The van der Waals surface area contributed by atoms with E-state index in [2.05, 4.69) is 109 Å². The van der Waals surface area contributed by atoms with Crippen LogP contribution in [0.5, 0.6) is 0 Å². The lowest BCUT2D eigenvalue weighted by Crippen LogP contribution is -2.31. The van der Waals surface area contributed by atoms with Gasteiger partial charge in [-0.15, -0.1) is 0 Å². The number of nitrogens with one attached hydrogen (secondary N) is 2. The highest BCUT2D eigenvalue weighted by atomic mass is 32.1. The second kappa shape index (κ2) is 11.0. The van der Waals surface area contributed by atoms with Crippen molar-refractivity contribution in [3.63, 3.8) is 0 Å². The van der Waals surface area contributed by atoms with E-state index < -0.39 is 0 Å². The van der Waals surface area contributed by atoms with E-state index in [-0.39, 0.29) is 12.1 Å². The van der Waals surface area contributed by atoms with Crippen molar-refractivity contribution < 1.29 is 0 Å². The minimum atomic E-state index is -0.0139. The molecule has 0 bridgehead atoms. The molecule has 1 aliphatic rings. The van der Waals surface area contributed by atoms with E-state index in [1.807, 2.05) is 18.3 Å². The van der Waals surface area contributed by atoms with Crippen molar-refractivity contribution >= 4 is 23.0 Å². The van der Waals surface area contributed by atoms with Crippen LogP contribution >= 0.6 is 12.2 Å². The molecule has 2 N–H and O–H groups in total. The predicted octanol–water partition coefficient (Wildman–Crippen LogP) is 6.89. The van der Waals surface area contributed by atoms with Crippen molar-refractivity contribution in [3.8, 4) is 5.69 Å². The van der Waals surface area contributed by atoms with Gasteiger partial charge in [-0.3, -0.25) is 4.98 Å². The maximum absolute atomic E-state index is 5.93. The van der Waals surface area contributed by atoms with Gasteiger partial charge in [-0.2, -0.15) is 0 Å². The molecule has 0 saturated carbocycles. The zero-order valence-electron chi connectivity index (χ0n) is 23.0. The van der Waals surface area contributed by atoms with Crippen molar-refractivity contribution in [3.05, 3.63) is 112 Å². The normalized spacial score (nSPS) is 17.1. The van der Waals surface area contributed by atoms with Crippen LogP contribution in [0.3, 0.4) is 0 Å². The zero-order valence-corrected chi connectivity index (χ0v) is 23.8. The van der Waals surface area contributed by atoms with Crippen molar-refractivity contribution in [2.24, 2.45) is 0 Å². The number of thiocarbonyl (C=S) groups is 1. The number of benzene rings is 2. The Labute approximate surface area is 231 Å². The molecule has 4 aromatic rings. The molecule has 2 aromatic carbocycles. The summed E-state index contributed by atoms with van der Waals surface area (Å²) in [5.41, 5.74) is 11.1. The Bertz CT molecular complexity index is 1400. The predicted molar refractivity (Wildman–Crippen MR) is 161 cm³/mol. The van der Waals surface area contributed by atoms with Gasteiger partial charge in [-0.1, -0.05) is 42.0 Å². The smallest absolute Gasteiger partial charge is 0.170 e. The van der Waals surface area contributed by atoms with E-state index in [1.165, 1.54) is 39.3 Å². The second-order valence-electron chi connectivity index (χ2n) is 10.4. The van der Waals surface area contributed by atoms with Crippen molar-refractivity contribution in [1.29, 1.82) is 0 Å². The first-order chi connectivity index (χ1) is 18.3. The topological polar surface area (TPSA) is 45.1 Å². The van der Waals surface area contributed by atoms with Gasteiger partial charge in [0.05, 0.1) is 23.5 Å². The molecular formula is C32H37N5S. The van der Waals surface area contributed by atoms with E-state index in [0.29, 0.717) is 0 Å². The molecule has 2 atom stereocenters. The van der Waals surface area contributed by atoms with Crippen LogP contribution in [0.1, 0.15) is 57.8 Å². The SMILES string of the molecule is Cc1cc(C)c(-n2c(C)cc([C@H]3[C@@H](c4ccccn4)NC(=S)N3CCCNc3ccccc3)c2C)c(C)c1. The van der Waals surface area contributed by atoms with Gasteiger partial charge in [0.1, 0.15) is 0 Å². The molecular weight excluding hydrogens is 486 g/mol. The molecule has 3 heterocycles. The summed E-state index contributed by atoms with van der Waals surface area (Å²) in [5.74, 6) is 0. The molecule has 1 saturated heterocycles. The van der Waals surface area contributed by atoms with E-state index in [0.717, 1.165) is 36.0 Å². The van der Waals surface area contributed by atoms with Crippen LogP contribution < -0.4 is 10.6 Å². The first kappa shape index (κ1) is 26.0. The lowest BCUT2D eigenvalue weighted by atomic mass is 9.96. The fraction of sp³-hybridized carbons (Fsp3) is 0.312. The highest BCUT2D eigenvalue weighted by Crippen LogP contribution is 2.42. The first-order valence-electron chi connectivity index (χ1n) is 13.4. The Morgan fingerprint density at radius 2 is 1.63 bits per heavy atom. The number of para-hydroxylation sites is 1. The standard InChI is InChI=1S/C32H37N5S/c1-21-18-22(2)30(23(3)19-21)37-24(4)20-27(25(37)5)31-29(28-14-9-10-15-34-28)35-32(38)36(31)17-11-16-33-26-12-7-6-8-13-26/h6-10,12-15,18-20,29,31,33H,11,16-17H2,1-5H3,(H,35,38)/t29-,31+/m1/s1. The number of aromatic nitrogens is 2. The van der Waals surface area contributed by atoms with E-state index in [9.17, 15) is 0 Å². The molecule has 6 heteroatoms. The Morgan fingerprint density at radius 3 is 2.32 bits per heavy atom. The molecule has 196 valence electrons. The van der Waals surface area contributed by atoms with Crippen LogP contribution in [0.15, 0.2) is 72.9 Å². The third kappa shape index (κ3) is 5.05. The number of pyridine rings is 1. The minimum Gasteiger partial charge on any atom is -0.385 e. The van der Waals surface area contributed by atoms with Crippen molar-refractivity contribution in [1.82, 2.24) is 19.8 Å². The summed E-state index contributed by atoms with van der Waals surface area (Å²) >= 11 is 5.93. The van der Waals surface area contributed by atoms with E-state index in [1.54, 1.807) is 0 Å². The molecule has 5 rings (SSSR count). The molecule has 5 nitrogen and oxygen atoms in total. The van der Waals surface area contributed by atoms with Crippen LogP contribution in [0.4, 0.5) is 5.69 Å². The van der Waals surface area contributed by atoms with Crippen LogP contribution in [-0.4, -0.2) is 32.7 Å². The summed E-state index contributed by atoms with van der Waals surface area (Å²) < 4.78 is 2.42. The summed E-state index contributed by atoms with van der Waals surface area (Å²) in [6.45, 7) is 12.8. The summed E-state index contributed by atoms with van der Waals surface area (Å²) in [6.07, 6.45) is 2.84. The lowest BCUT2D eigenvalue weighted by molar-refractivity contribution is 0.315. The summed E-state index contributed by atoms with van der Waals surface area (Å²) in [7, 11) is 0. The molecule has 0 aliphatic carbocycles. The summed E-state index contributed by atoms with van der Waals surface area (Å²) in [4.78, 5) is 7.09. The molecule has 1 aliphatic heterocycles. The summed E-state index contributed by atoms with van der Waals surface area (Å²) in [5, 5.41) is 7.95. The Hall–Kier alpha value is -3.64. The highest BCUT2D eigenvalue weighted by Gasteiger charge is 2.41. The van der Waals surface area contributed by atoms with Crippen LogP contribution in [0, 0.1) is 34.6 Å². The fourth-order valence-corrected chi connectivity index (χ4v) is 6.31. The van der Waals surface area contributed by atoms with E-state index >= 15 is 0 Å². The number of hydrogen-bond acceptors (Lipinski definition) is 3. The molecule has 2 aromatic heterocycles. The number of aryl methyl sites for hydroxylation is 4.